The molecule has 1 aliphatic carbocycles. The van der Waals surface area contributed by atoms with Crippen molar-refractivity contribution < 1.29 is 14.3 Å². The van der Waals surface area contributed by atoms with Crippen LogP contribution in [-0.4, -0.2) is 24.8 Å². The van der Waals surface area contributed by atoms with E-state index in [1.807, 2.05) is 0 Å². The molecule has 16 heavy (non-hydrogen) atoms. The summed E-state index contributed by atoms with van der Waals surface area (Å²) in [7, 11) is 0. The predicted molar refractivity (Wildman–Crippen MR) is 58.9 cm³/mol. The minimum atomic E-state index is -0.305. The van der Waals surface area contributed by atoms with E-state index in [4.69, 9.17) is 9.47 Å². The van der Waals surface area contributed by atoms with Crippen LogP contribution in [0.25, 0.3) is 0 Å². The minimum Gasteiger partial charge on any atom is -0.462 e. The maximum Gasteiger partial charge on any atom is 0.316 e. The van der Waals surface area contributed by atoms with Gasteiger partial charge in [0.15, 0.2) is 0 Å². The fourth-order valence-corrected chi connectivity index (χ4v) is 3.25. The average molecular weight is 222 g/mol. The zero-order chi connectivity index (χ0) is 11.0. The number of hydrogen-bond acceptors (Lipinski definition) is 3. The molecule has 0 aromatic rings. The van der Waals surface area contributed by atoms with Crippen LogP contribution in [0.1, 0.15) is 38.5 Å². The lowest BCUT2D eigenvalue weighted by Crippen LogP contribution is -2.38. The Bertz CT molecular complexity index is 326. The molecule has 0 N–H and O–H groups in total. The maximum absolute atomic E-state index is 11.9. The maximum atomic E-state index is 11.9. The number of hydrogen-bond donors (Lipinski definition) is 0. The highest BCUT2D eigenvalue weighted by Crippen LogP contribution is 2.44. The van der Waals surface area contributed by atoms with Crippen LogP contribution >= 0.6 is 0 Å². The molecule has 0 saturated carbocycles. The summed E-state index contributed by atoms with van der Waals surface area (Å²) in [5.74, 6) is -0.162. The molecule has 1 spiro atoms. The Kier molecular flexibility index (Phi) is 2.51. The molecule has 0 aromatic heterocycles. The second kappa shape index (κ2) is 3.88. The molecule has 2 heterocycles. The Morgan fingerprint density at radius 1 is 1.31 bits per heavy atom. The fourth-order valence-electron chi connectivity index (χ4n) is 3.25. The lowest BCUT2D eigenvalue weighted by molar-refractivity contribution is -0.140. The van der Waals surface area contributed by atoms with Gasteiger partial charge >= 0.3 is 5.97 Å². The smallest absolute Gasteiger partial charge is 0.316 e. The normalized spacial score (nSPS) is 38.9. The number of carbonyl (C=O) groups is 1. The molecule has 2 aliphatic heterocycles. The van der Waals surface area contributed by atoms with Crippen molar-refractivity contribution in [1.29, 1.82) is 0 Å². The van der Waals surface area contributed by atoms with Crippen LogP contribution in [0, 0.1) is 5.92 Å². The van der Waals surface area contributed by atoms with Crippen molar-refractivity contribution in [2.45, 2.75) is 44.1 Å². The van der Waals surface area contributed by atoms with E-state index in [9.17, 15) is 4.79 Å². The molecule has 0 aromatic carbocycles. The molecule has 2 fully saturated rings. The number of allylic oxidation sites excluding steroid dienone is 1. The number of carbonyl (C=O) groups excluding carboxylic acids is 1. The number of esters is 1. The Hall–Kier alpha value is -0.830. The second-order valence-corrected chi connectivity index (χ2v) is 5.08. The third kappa shape index (κ3) is 1.49. The van der Waals surface area contributed by atoms with Crippen molar-refractivity contribution in [3.8, 4) is 0 Å². The standard InChI is InChI=1S/C13H18O3/c14-12-11(10-5-2-1-3-6-10)13(9-15-12)7-4-8-16-13/h5,11H,1-4,6-9H2. The van der Waals surface area contributed by atoms with Crippen LogP contribution in [0.3, 0.4) is 0 Å². The van der Waals surface area contributed by atoms with Gasteiger partial charge in [-0.25, -0.2) is 0 Å². The number of ether oxygens (including phenoxy) is 2. The van der Waals surface area contributed by atoms with Crippen molar-refractivity contribution in [1.82, 2.24) is 0 Å². The van der Waals surface area contributed by atoms with Gasteiger partial charge in [0.1, 0.15) is 18.1 Å². The van der Waals surface area contributed by atoms with E-state index in [0.717, 1.165) is 32.3 Å². The van der Waals surface area contributed by atoms with Crippen LogP contribution < -0.4 is 0 Å². The van der Waals surface area contributed by atoms with Crippen molar-refractivity contribution >= 4 is 5.97 Å². The lowest BCUT2D eigenvalue weighted by atomic mass is 9.78. The summed E-state index contributed by atoms with van der Waals surface area (Å²) in [5.41, 5.74) is 0.968. The molecule has 88 valence electrons. The third-order valence-electron chi connectivity index (χ3n) is 4.05. The van der Waals surface area contributed by atoms with E-state index in [0.29, 0.717) is 6.61 Å². The molecule has 2 atom stereocenters. The van der Waals surface area contributed by atoms with Crippen LogP contribution in [0.5, 0.6) is 0 Å². The number of cyclic esters (lactones) is 1. The van der Waals surface area contributed by atoms with Gasteiger partial charge in [0, 0.05) is 6.61 Å². The zero-order valence-corrected chi connectivity index (χ0v) is 9.54. The van der Waals surface area contributed by atoms with E-state index in [2.05, 4.69) is 6.08 Å². The van der Waals surface area contributed by atoms with Gasteiger partial charge in [-0.1, -0.05) is 11.6 Å². The van der Waals surface area contributed by atoms with Gasteiger partial charge in [0.05, 0.1) is 0 Å². The first-order valence-electron chi connectivity index (χ1n) is 6.31. The van der Waals surface area contributed by atoms with E-state index >= 15 is 0 Å². The van der Waals surface area contributed by atoms with Crippen LogP contribution in [-0.2, 0) is 14.3 Å². The Labute approximate surface area is 95.8 Å². The predicted octanol–water partition coefficient (Wildman–Crippen LogP) is 2.21. The molecule has 3 nitrogen and oxygen atoms in total. The largest absolute Gasteiger partial charge is 0.462 e. The van der Waals surface area contributed by atoms with E-state index in [1.54, 1.807) is 0 Å². The van der Waals surface area contributed by atoms with E-state index in [1.165, 1.54) is 18.4 Å². The van der Waals surface area contributed by atoms with Crippen molar-refractivity contribution in [2.24, 2.45) is 5.92 Å². The Balaban J connectivity index is 1.90. The van der Waals surface area contributed by atoms with Crippen molar-refractivity contribution in [3.05, 3.63) is 11.6 Å². The van der Waals surface area contributed by atoms with Gasteiger partial charge < -0.3 is 9.47 Å². The minimum absolute atomic E-state index is 0.0601. The van der Waals surface area contributed by atoms with Gasteiger partial charge in [-0.15, -0.1) is 0 Å². The zero-order valence-electron chi connectivity index (χ0n) is 9.54. The first-order chi connectivity index (χ1) is 7.82. The molecule has 2 saturated heterocycles. The summed E-state index contributed by atoms with van der Waals surface area (Å²) in [6.45, 7) is 1.24. The average Bonchev–Trinajstić information content (AvgIpc) is 2.90. The first kappa shape index (κ1) is 10.3. The quantitative estimate of drug-likeness (QED) is 0.504. The van der Waals surface area contributed by atoms with Gasteiger partial charge in [-0.05, 0) is 38.5 Å². The monoisotopic (exact) mass is 222 g/mol. The summed E-state index contributed by atoms with van der Waals surface area (Å²) in [5, 5.41) is 0. The summed E-state index contributed by atoms with van der Waals surface area (Å²) in [6.07, 6.45) is 8.87. The van der Waals surface area contributed by atoms with Crippen LogP contribution in [0.2, 0.25) is 0 Å². The molecule has 2 unspecified atom stereocenters. The Morgan fingerprint density at radius 2 is 2.25 bits per heavy atom. The van der Waals surface area contributed by atoms with Crippen LogP contribution in [0.4, 0.5) is 0 Å². The second-order valence-electron chi connectivity index (χ2n) is 5.08. The van der Waals surface area contributed by atoms with Gasteiger partial charge in [-0.2, -0.15) is 0 Å². The summed E-state index contributed by atoms with van der Waals surface area (Å²) in [4.78, 5) is 11.9. The Morgan fingerprint density at radius 3 is 2.94 bits per heavy atom. The molecule has 0 bridgehead atoms. The third-order valence-corrected chi connectivity index (χ3v) is 4.05. The molecule has 3 rings (SSSR count). The molecule has 3 aliphatic rings. The van der Waals surface area contributed by atoms with E-state index < -0.39 is 0 Å². The van der Waals surface area contributed by atoms with E-state index in [-0.39, 0.29) is 17.5 Å². The highest BCUT2D eigenvalue weighted by molar-refractivity contribution is 5.80. The first-order valence-corrected chi connectivity index (χ1v) is 6.31. The van der Waals surface area contributed by atoms with Gasteiger partial charge in [-0.3, -0.25) is 4.79 Å². The van der Waals surface area contributed by atoms with Crippen LogP contribution in [0.15, 0.2) is 11.6 Å². The highest BCUT2D eigenvalue weighted by Gasteiger charge is 2.54. The molecule has 0 radical (unpaired) electrons. The topological polar surface area (TPSA) is 35.5 Å². The SMILES string of the molecule is O=C1OCC2(CCCO2)C1C1=CCCCC1. The molecule has 3 heteroatoms. The van der Waals surface area contributed by atoms with Gasteiger partial charge in [0.25, 0.3) is 0 Å². The fraction of sp³-hybridized carbons (Fsp3) is 0.769. The molecular formula is C13H18O3. The van der Waals surface area contributed by atoms with Crippen molar-refractivity contribution in [3.63, 3.8) is 0 Å². The lowest BCUT2D eigenvalue weighted by Gasteiger charge is -2.29. The summed E-state index contributed by atoms with van der Waals surface area (Å²) >= 11 is 0. The molecular weight excluding hydrogens is 204 g/mol. The summed E-state index contributed by atoms with van der Waals surface area (Å²) in [6, 6.07) is 0. The van der Waals surface area contributed by atoms with Crippen molar-refractivity contribution in [2.75, 3.05) is 13.2 Å². The molecule has 0 amide bonds. The summed E-state index contributed by atoms with van der Waals surface area (Å²) < 4.78 is 11.1. The highest BCUT2D eigenvalue weighted by atomic mass is 16.6. The number of rotatable bonds is 1. The van der Waals surface area contributed by atoms with Gasteiger partial charge in [0.2, 0.25) is 0 Å².